The number of rotatable bonds is 3. The average molecular weight is 373 g/mol. The smallest absolute Gasteiger partial charge is 0.252 e. The highest BCUT2D eigenvalue weighted by Gasteiger charge is 2.12. The van der Waals surface area contributed by atoms with Crippen molar-refractivity contribution in [1.82, 2.24) is 5.32 Å². The van der Waals surface area contributed by atoms with Crippen LogP contribution in [0.2, 0.25) is 0 Å². The lowest BCUT2D eigenvalue weighted by Gasteiger charge is -2.13. The SMILES string of the molecule is CC(NC(=O)c1csc(I)c1)c1cccc(O)c1. The van der Waals surface area contributed by atoms with Gasteiger partial charge >= 0.3 is 0 Å². The van der Waals surface area contributed by atoms with Crippen molar-refractivity contribution < 1.29 is 9.90 Å². The highest BCUT2D eigenvalue weighted by Crippen LogP contribution is 2.20. The molecule has 5 heteroatoms. The molecule has 18 heavy (non-hydrogen) atoms. The summed E-state index contributed by atoms with van der Waals surface area (Å²) >= 11 is 3.73. The number of amides is 1. The van der Waals surface area contributed by atoms with E-state index in [0.29, 0.717) is 5.56 Å². The van der Waals surface area contributed by atoms with Gasteiger partial charge in [-0.3, -0.25) is 4.79 Å². The number of nitrogens with one attached hydrogen (secondary N) is 1. The Morgan fingerprint density at radius 1 is 1.44 bits per heavy atom. The first-order chi connectivity index (χ1) is 8.56. The monoisotopic (exact) mass is 373 g/mol. The summed E-state index contributed by atoms with van der Waals surface area (Å²) in [6.07, 6.45) is 0. The van der Waals surface area contributed by atoms with E-state index in [2.05, 4.69) is 27.9 Å². The summed E-state index contributed by atoms with van der Waals surface area (Å²) in [6, 6.07) is 8.63. The number of aromatic hydroxyl groups is 1. The van der Waals surface area contributed by atoms with Crippen molar-refractivity contribution in [2.24, 2.45) is 0 Å². The van der Waals surface area contributed by atoms with Gasteiger partial charge in [0.05, 0.1) is 14.5 Å². The highest BCUT2D eigenvalue weighted by molar-refractivity contribution is 14.1. The zero-order chi connectivity index (χ0) is 13.1. The van der Waals surface area contributed by atoms with Crippen LogP contribution in [-0.4, -0.2) is 11.0 Å². The summed E-state index contributed by atoms with van der Waals surface area (Å²) in [5.41, 5.74) is 1.56. The van der Waals surface area contributed by atoms with Gasteiger partial charge in [-0.1, -0.05) is 12.1 Å². The molecule has 0 fully saturated rings. The zero-order valence-corrected chi connectivity index (χ0v) is 12.7. The Balaban J connectivity index is 2.07. The Morgan fingerprint density at radius 3 is 2.83 bits per heavy atom. The van der Waals surface area contributed by atoms with Gasteiger partial charge in [-0.05, 0) is 53.3 Å². The summed E-state index contributed by atoms with van der Waals surface area (Å²) in [5, 5.41) is 14.2. The van der Waals surface area contributed by atoms with E-state index in [1.54, 1.807) is 29.5 Å². The van der Waals surface area contributed by atoms with Gasteiger partial charge in [-0.15, -0.1) is 11.3 Å². The molecule has 0 bridgehead atoms. The predicted molar refractivity (Wildman–Crippen MR) is 81.0 cm³/mol. The molecule has 1 aromatic carbocycles. The van der Waals surface area contributed by atoms with Gasteiger partial charge in [-0.25, -0.2) is 0 Å². The topological polar surface area (TPSA) is 49.3 Å². The Labute approximate surface area is 123 Å². The first kappa shape index (κ1) is 13.4. The lowest BCUT2D eigenvalue weighted by Crippen LogP contribution is -2.26. The van der Waals surface area contributed by atoms with Gasteiger partial charge in [0.1, 0.15) is 5.75 Å². The molecule has 0 aliphatic carbocycles. The molecular weight excluding hydrogens is 361 g/mol. The van der Waals surface area contributed by atoms with Crippen molar-refractivity contribution >= 4 is 39.8 Å². The number of halogens is 1. The molecule has 0 aliphatic rings. The predicted octanol–water partition coefficient (Wildman–Crippen LogP) is 3.55. The van der Waals surface area contributed by atoms with Crippen molar-refractivity contribution in [2.75, 3.05) is 0 Å². The standard InChI is InChI=1S/C13H12INO2S/c1-8(9-3-2-4-11(16)5-9)15-13(17)10-6-12(14)18-7-10/h2-8,16H,1H3,(H,15,17). The number of carbonyl (C=O) groups excluding carboxylic acids is 1. The molecule has 1 aromatic heterocycles. The van der Waals surface area contributed by atoms with Crippen molar-refractivity contribution in [2.45, 2.75) is 13.0 Å². The molecule has 1 amide bonds. The maximum absolute atomic E-state index is 12.0. The minimum Gasteiger partial charge on any atom is -0.508 e. The fourth-order valence-electron chi connectivity index (χ4n) is 1.59. The Bertz CT molecular complexity index is 568. The minimum absolute atomic E-state index is 0.0926. The first-order valence-corrected chi connectivity index (χ1v) is 7.36. The third-order valence-corrected chi connectivity index (χ3v) is 4.34. The summed E-state index contributed by atoms with van der Waals surface area (Å²) in [6.45, 7) is 1.89. The quantitative estimate of drug-likeness (QED) is 0.809. The molecule has 0 radical (unpaired) electrons. The number of hydrogen-bond donors (Lipinski definition) is 2. The fraction of sp³-hybridized carbons (Fsp3) is 0.154. The van der Waals surface area contributed by atoms with Gasteiger partial charge in [0.2, 0.25) is 0 Å². The maximum atomic E-state index is 12.0. The Hall–Kier alpha value is -1.08. The zero-order valence-electron chi connectivity index (χ0n) is 9.68. The van der Waals surface area contributed by atoms with E-state index < -0.39 is 0 Å². The molecular formula is C13H12INO2S. The fourth-order valence-corrected chi connectivity index (χ4v) is 2.91. The molecule has 2 N–H and O–H groups in total. The van der Waals surface area contributed by atoms with Crippen molar-refractivity contribution in [3.05, 3.63) is 49.7 Å². The molecule has 0 saturated carbocycles. The second-order valence-corrected chi connectivity index (χ2v) is 6.74. The molecule has 3 nitrogen and oxygen atoms in total. The number of hydrogen-bond acceptors (Lipinski definition) is 3. The third kappa shape index (κ3) is 3.23. The molecule has 1 atom stereocenters. The normalized spacial score (nSPS) is 12.1. The van der Waals surface area contributed by atoms with Crippen LogP contribution in [0.15, 0.2) is 35.7 Å². The van der Waals surface area contributed by atoms with Crippen LogP contribution < -0.4 is 5.32 Å². The maximum Gasteiger partial charge on any atom is 0.252 e. The number of thiophene rings is 1. The second-order valence-electron chi connectivity index (χ2n) is 3.93. The minimum atomic E-state index is -0.137. The van der Waals surface area contributed by atoms with E-state index in [1.165, 1.54) is 0 Å². The molecule has 1 unspecified atom stereocenters. The summed E-state index contributed by atoms with van der Waals surface area (Å²) in [4.78, 5) is 12.0. The van der Waals surface area contributed by atoms with Crippen molar-refractivity contribution in [3.8, 4) is 5.75 Å². The molecule has 2 aromatic rings. The number of benzene rings is 1. The van der Waals surface area contributed by atoms with Crippen LogP contribution in [0, 0.1) is 2.88 Å². The van der Waals surface area contributed by atoms with Crippen LogP contribution in [0.1, 0.15) is 28.9 Å². The highest BCUT2D eigenvalue weighted by atomic mass is 127. The largest absolute Gasteiger partial charge is 0.508 e. The van der Waals surface area contributed by atoms with E-state index in [0.717, 1.165) is 8.45 Å². The molecule has 94 valence electrons. The van der Waals surface area contributed by atoms with Crippen molar-refractivity contribution in [3.63, 3.8) is 0 Å². The lowest BCUT2D eigenvalue weighted by atomic mass is 10.1. The molecule has 2 rings (SSSR count). The molecule has 1 heterocycles. The number of phenolic OH excluding ortho intramolecular Hbond substituents is 1. The van der Waals surface area contributed by atoms with Gasteiger partial charge in [0, 0.05) is 5.38 Å². The van der Waals surface area contributed by atoms with E-state index >= 15 is 0 Å². The van der Waals surface area contributed by atoms with Crippen LogP contribution in [-0.2, 0) is 0 Å². The molecule has 0 aliphatic heterocycles. The van der Waals surface area contributed by atoms with E-state index in [-0.39, 0.29) is 17.7 Å². The van der Waals surface area contributed by atoms with E-state index in [9.17, 15) is 9.90 Å². The van der Waals surface area contributed by atoms with Crippen LogP contribution >= 0.6 is 33.9 Å². The van der Waals surface area contributed by atoms with E-state index in [4.69, 9.17) is 0 Å². The molecule has 0 spiro atoms. The second kappa shape index (κ2) is 5.71. The lowest BCUT2D eigenvalue weighted by molar-refractivity contribution is 0.0940. The van der Waals surface area contributed by atoms with Crippen LogP contribution in [0.4, 0.5) is 0 Å². The van der Waals surface area contributed by atoms with Crippen LogP contribution in [0.25, 0.3) is 0 Å². The van der Waals surface area contributed by atoms with Gasteiger partial charge in [-0.2, -0.15) is 0 Å². The third-order valence-electron chi connectivity index (χ3n) is 2.55. The van der Waals surface area contributed by atoms with Crippen LogP contribution in [0.5, 0.6) is 5.75 Å². The first-order valence-electron chi connectivity index (χ1n) is 5.40. The van der Waals surface area contributed by atoms with Crippen LogP contribution in [0.3, 0.4) is 0 Å². The molecule has 0 saturated heterocycles. The van der Waals surface area contributed by atoms with Crippen molar-refractivity contribution in [1.29, 1.82) is 0 Å². The summed E-state index contributed by atoms with van der Waals surface area (Å²) in [7, 11) is 0. The summed E-state index contributed by atoms with van der Waals surface area (Å²) in [5.74, 6) is 0.115. The van der Waals surface area contributed by atoms with Gasteiger partial charge in [0.15, 0.2) is 0 Å². The Morgan fingerprint density at radius 2 is 2.22 bits per heavy atom. The average Bonchev–Trinajstić information content (AvgIpc) is 2.76. The number of phenols is 1. The van der Waals surface area contributed by atoms with E-state index in [1.807, 2.05) is 24.4 Å². The van der Waals surface area contributed by atoms with Gasteiger partial charge < -0.3 is 10.4 Å². The summed E-state index contributed by atoms with van der Waals surface area (Å²) < 4.78 is 1.09. The van der Waals surface area contributed by atoms with Gasteiger partial charge in [0.25, 0.3) is 5.91 Å². The Kier molecular flexibility index (Phi) is 4.23. The number of carbonyl (C=O) groups is 1.